The molecular weight excluding hydrogens is 528 g/mol. The van der Waals surface area contributed by atoms with Crippen molar-refractivity contribution in [3.8, 4) is 11.1 Å². The van der Waals surface area contributed by atoms with E-state index in [4.69, 9.17) is 9.47 Å². The van der Waals surface area contributed by atoms with Crippen molar-refractivity contribution in [2.45, 2.75) is 12.5 Å². The Labute approximate surface area is 236 Å². The summed E-state index contributed by atoms with van der Waals surface area (Å²) in [6.07, 6.45) is -0.759. The largest absolute Gasteiger partial charge is 0.460 e. The van der Waals surface area contributed by atoms with E-state index in [2.05, 4.69) is 21.3 Å². The lowest BCUT2D eigenvalue weighted by Gasteiger charge is -2.14. The van der Waals surface area contributed by atoms with E-state index in [0.29, 0.717) is 0 Å². The minimum absolute atomic E-state index is 0.0854. The van der Waals surface area contributed by atoms with E-state index in [1.54, 1.807) is 12.1 Å². The first-order valence-corrected chi connectivity index (χ1v) is 13.0. The molecule has 0 fully saturated rings. The minimum atomic E-state index is -0.759. The third kappa shape index (κ3) is 8.40. The van der Waals surface area contributed by atoms with Gasteiger partial charge in [0.2, 0.25) is 17.7 Å². The molecule has 0 aliphatic heterocycles. The molecule has 4 rings (SSSR count). The molecule has 4 N–H and O–H groups in total. The Balaban J connectivity index is 1.07. The van der Waals surface area contributed by atoms with Gasteiger partial charge in [-0.15, -0.1) is 0 Å². The van der Waals surface area contributed by atoms with Crippen LogP contribution in [0.4, 0.5) is 4.79 Å². The molecule has 11 heteroatoms. The summed E-state index contributed by atoms with van der Waals surface area (Å²) < 4.78 is 10.4. The number of esters is 1. The van der Waals surface area contributed by atoms with Crippen molar-refractivity contribution in [3.05, 3.63) is 95.6 Å². The molecule has 0 aromatic heterocycles. The third-order valence-corrected chi connectivity index (χ3v) is 6.30. The molecule has 212 valence electrons. The van der Waals surface area contributed by atoms with Gasteiger partial charge >= 0.3 is 12.1 Å². The lowest BCUT2D eigenvalue weighted by molar-refractivity contribution is -0.145. The molecule has 3 aromatic carbocycles. The van der Waals surface area contributed by atoms with Crippen LogP contribution in [0.5, 0.6) is 0 Å². The highest BCUT2D eigenvalue weighted by Gasteiger charge is 2.29. The van der Waals surface area contributed by atoms with E-state index in [-0.39, 0.29) is 25.7 Å². The molecular formula is C30H30N4O7. The zero-order valence-electron chi connectivity index (χ0n) is 22.2. The summed E-state index contributed by atoms with van der Waals surface area (Å²) in [5.74, 6) is -2.56. The van der Waals surface area contributed by atoms with Crippen LogP contribution in [-0.4, -0.2) is 62.6 Å². The quantitative estimate of drug-likeness (QED) is 0.247. The van der Waals surface area contributed by atoms with E-state index < -0.39 is 49.4 Å². The van der Waals surface area contributed by atoms with Gasteiger partial charge < -0.3 is 30.7 Å². The Bertz CT molecular complexity index is 1370. The second-order valence-corrected chi connectivity index (χ2v) is 9.16. The number of amides is 4. The zero-order valence-corrected chi connectivity index (χ0v) is 22.2. The highest BCUT2D eigenvalue weighted by molar-refractivity contribution is 5.90. The van der Waals surface area contributed by atoms with Crippen LogP contribution in [-0.2, 0) is 35.3 Å². The summed E-state index contributed by atoms with van der Waals surface area (Å²) in [6.45, 7) is -1.34. The van der Waals surface area contributed by atoms with Crippen LogP contribution in [0.3, 0.4) is 0 Å². The van der Waals surface area contributed by atoms with Gasteiger partial charge in [0.15, 0.2) is 0 Å². The van der Waals surface area contributed by atoms with Crippen LogP contribution in [0.25, 0.3) is 11.1 Å². The van der Waals surface area contributed by atoms with Gasteiger partial charge in [0, 0.05) is 5.92 Å². The smallest absolute Gasteiger partial charge is 0.407 e. The van der Waals surface area contributed by atoms with E-state index >= 15 is 0 Å². The van der Waals surface area contributed by atoms with Crippen molar-refractivity contribution < 1.29 is 33.4 Å². The molecule has 0 spiro atoms. The fourth-order valence-electron chi connectivity index (χ4n) is 4.31. The molecule has 0 saturated heterocycles. The highest BCUT2D eigenvalue weighted by atomic mass is 16.5. The predicted molar refractivity (Wildman–Crippen MR) is 148 cm³/mol. The molecule has 0 saturated carbocycles. The molecule has 0 atom stereocenters. The van der Waals surface area contributed by atoms with Gasteiger partial charge in [0.25, 0.3) is 0 Å². The lowest BCUT2D eigenvalue weighted by atomic mass is 9.98. The summed E-state index contributed by atoms with van der Waals surface area (Å²) in [5.41, 5.74) is 5.17. The molecule has 3 aromatic rings. The first kappa shape index (κ1) is 28.8. The Morgan fingerprint density at radius 3 is 1.63 bits per heavy atom. The molecule has 41 heavy (non-hydrogen) atoms. The molecule has 11 nitrogen and oxygen atoms in total. The van der Waals surface area contributed by atoms with E-state index in [0.717, 1.165) is 27.8 Å². The van der Waals surface area contributed by atoms with Crippen molar-refractivity contribution in [2.24, 2.45) is 0 Å². The number of alkyl carbamates (subject to hydrolysis) is 1. The minimum Gasteiger partial charge on any atom is -0.460 e. The van der Waals surface area contributed by atoms with Crippen LogP contribution in [0.1, 0.15) is 22.6 Å². The summed E-state index contributed by atoms with van der Waals surface area (Å²) in [7, 11) is 0. The average molecular weight is 559 g/mol. The van der Waals surface area contributed by atoms with Crippen LogP contribution in [0.2, 0.25) is 0 Å². The second kappa shape index (κ2) is 14.3. The lowest BCUT2D eigenvalue weighted by Crippen LogP contribution is -2.45. The number of benzene rings is 3. The Morgan fingerprint density at radius 2 is 1.05 bits per heavy atom. The number of carbonyl (C=O) groups is 5. The molecule has 0 radical (unpaired) electrons. The van der Waals surface area contributed by atoms with Crippen LogP contribution in [0.15, 0.2) is 78.9 Å². The van der Waals surface area contributed by atoms with Gasteiger partial charge in [-0.2, -0.15) is 0 Å². The summed E-state index contributed by atoms with van der Waals surface area (Å²) in [5, 5.41) is 9.36. The van der Waals surface area contributed by atoms with Crippen LogP contribution < -0.4 is 21.3 Å². The number of fused-ring (bicyclic) bond motifs is 3. The summed E-state index contributed by atoms with van der Waals surface area (Å²) >= 11 is 0. The standard InChI is InChI=1S/C30H30N4O7/c35-26(31-15-27(36)33-17-29(38)40-18-20-8-2-1-3-9-20)14-32-28(37)16-34-30(39)41-19-25-23-12-6-4-10-21(23)22-11-5-7-13-24(22)25/h1-13,25H,14-19H2,(H,31,35)(H,32,37)(H,33,36)(H,34,39). The first-order chi connectivity index (χ1) is 19.9. The number of hydrogen-bond donors (Lipinski definition) is 4. The average Bonchev–Trinajstić information content (AvgIpc) is 3.32. The van der Waals surface area contributed by atoms with Crippen LogP contribution >= 0.6 is 0 Å². The Morgan fingerprint density at radius 1 is 0.561 bits per heavy atom. The number of rotatable bonds is 12. The fourth-order valence-corrected chi connectivity index (χ4v) is 4.31. The topological polar surface area (TPSA) is 152 Å². The SMILES string of the molecule is O=C(CNC(=O)CNC(=O)OCC1c2ccccc2-c2ccccc21)NCC(=O)NCC(=O)OCc1ccccc1. The number of carbonyl (C=O) groups excluding carboxylic acids is 5. The maximum Gasteiger partial charge on any atom is 0.407 e. The maximum atomic E-state index is 12.2. The fraction of sp³-hybridized carbons (Fsp3) is 0.233. The molecule has 0 unspecified atom stereocenters. The van der Waals surface area contributed by atoms with Crippen molar-refractivity contribution in [1.29, 1.82) is 0 Å². The normalized spacial score (nSPS) is 11.4. The number of nitrogens with one attached hydrogen (secondary N) is 4. The zero-order chi connectivity index (χ0) is 29.0. The van der Waals surface area contributed by atoms with Gasteiger partial charge in [-0.05, 0) is 27.8 Å². The molecule has 1 aliphatic carbocycles. The predicted octanol–water partition coefficient (Wildman–Crippen LogP) is 1.62. The molecule has 4 amide bonds. The Hall–Kier alpha value is -5.19. The first-order valence-electron chi connectivity index (χ1n) is 13.0. The van der Waals surface area contributed by atoms with E-state index in [1.807, 2.05) is 66.7 Å². The third-order valence-electron chi connectivity index (χ3n) is 6.30. The van der Waals surface area contributed by atoms with Gasteiger partial charge in [-0.25, -0.2) is 4.79 Å². The highest BCUT2D eigenvalue weighted by Crippen LogP contribution is 2.44. The summed E-state index contributed by atoms with van der Waals surface area (Å²) in [4.78, 5) is 59.7. The van der Waals surface area contributed by atoms with Gasteiger partial charge in [-0.3, -0.25) is 19.2 Å². The van der Waals surface area contributed by atoms with Crippen molar-refractivity contribution in [2.75, 3.05) is 32.8 Å². The van der Waals surface area contributed by atoms with E-state index in [1.165, 1.54) is 0 Å². The second-order valence-electron chi connectivity index (χ2n) is 9.16. The summed E-state index contributed by atoms with van der Waals surface area (Å²) in [6, 6.07) is 25.0. The van der Waals surface area contributed by atoms with Crippen molar-refractivity contribution >= 4 is 29.8 Å². The van der Waals surface area contributed by atoms with Gasteiger partial charge in [0.05, 0.1) is 13.1 Å². The van der Waals surface area contributed by atoms with Crippen molar-refractivity contribution in [1.82, 2.24) is 21.3 Å². The monoisotopic (exact) mass is 558 g/mol. The molecule has 0 bridgehead atoms. The van der Waals surface area contributed by atoms with Gasteiger partial charge in [-0.1, -0.05) is 78.9 Å². The molecule has 0 heterocycles. The number of hydrogen-bond acceptors (Lipinski definition) is 7. The molecule has 1 aliphatic rings. The van der Waals surface area contributed by atoms with E-state index in [9.17, 15) is 24.0 Å². The van der Waals surface area contributed by atoms with Crippen molar-refractivity contribution in [3.63, 3.8) is 0 Å². The maximum absolute atomic E-state index is 12.2. The van der Waals surface area contributed by atoms with Crippen LogP contribution in [0, 0.1) is 0 Å². The Kier molecular flexibility index (Phi) is 10.0. The number of ether oxygens (including phenoxy) is 2. The van der Waals surface area contributed by atoms with Gasteiger partial charge in [0.1, 0.15) is 26.3 Å².